The maximum atomic E-state index is 12.6. The Morgan fingerprint density at radius 1 is 1.32 bits per heavy atom. The number of fused-ring (bicyclic) bond motifs is 1. The Hall–Kier alpha value is -1.95. The van der Waals surface area contributed by atoms with Gasteiger partial charge < -0.3 is 15.0 Å². The molecule has 2 saturated heterocycles. The number of aromatic nitrogens is 1. The third kappa shape index (κ3) is 3.40. The second kappa shape index (κ2) is 6.75. The van der Waals surface area contributed by atoms with E-state index in [4.69, 9.17) is 4.74 Å². The number of likely N-dealkylation sites (tertiary alicyclic amines) is 1. The summed E-state index contributed by atoms with van der Waals surface area (Å²) in [5.41, 5.74) is 1.54. The van der Waals surface area contributed by atoms with E-state index in [0.29, 0.717) is 24.6 Å². The Kier molecular flexibility index (Phi) is 4.46. The molecule has 0 spiro atoms. The number of nitrogens with zero attached hydrogens (tertiary/aromatic N) is 2. The van der Waals surface area contributed by atoms with Crippen LogP contribution in [0.4, 0.5) is 0 Å². The fourth-order valence-electron chi connectivity index (χ4n) is 3.97. The zero-order chi connectivity index (χ0) is 17.4. The maximum Gasteiger partial charge on any atom is 0.255 e. The van der Waals surface area contributed by atoms with Crippen molar-refractivity contribution in [2.24, 2.45) is 11.8 Å². The van der Waals surface area contributed by atoms with Gasteiger partial charge in [0.15, 0.2) is 0 Å². The molecule has 134 valence electrons. The molecule has 4 rings (SSSR count). The minimum absolute atomic E-state index is 0.0281. The quantitative estimate of drug-likeness (QED) is 0.900. The van der Waals surface area contributed by atoms with Gasteiger partial charge in [-0.3, -0.25) is 14.6 Å². The summed E-state index contributed by atoms with van der Waals surface area (Å²) < 4.78 is 6.08. The summed E-state index contributed by atoms with van der Waals surface area (Å²) in [6, 6.07) is 3.69. The number of ether oxygens (including phenoxy) is 1. The minimum Gasteiger partial charge on any atom is -0.371 e. The van der Waals surface area contributed by atoms with Gasteiger partial charge in [0.05, 0.1) is 17.8 Å². The highest BCUT2D eigenvalue weighted by atomic mass is 16.5. The van der Waals surface area contributed by atoms with Crippen LogP contribution in [0.3, 0.4) is 0 Å². The van der Waals surface area contributed by atoms with Gasteiger partial charge in [-0.05, 0) is 38.3 Å². The molecule has 1 saturated carbocycles. The summed E-state index contributed by atoms with van der Waals surface area (Å²) in [4.78, 5) is 30.6. The van der Waals surface area contributed by atoms with Crippen LogP contribution >= 0.6 is 0 Å². The van der Waals surface area contributed by atoms with E-state index in [2.05, 4.69) is 10.3 Å². The first-order valence-electron chi connectivity index (χ1n) is 9.25. The molecule has 2 aliphatic heterocycles. The van der Waals surface area contributed by atoms with Crippen molar-refractivity contribution in [1.82, 2.24) is 15.2 Å². The number of amides is 2. The van der Waals surface area contributed by atoms with Crippen molar-refractivity contribution >= 4 is 11.8 Å². The van der Waals surface area contributed by atoms with Crippen molar-refractivity contribution in [1.29, 1.82) is 0 Å². The molecule has 3 atom stereocenters. The lowest BCUT2D eigenvalue weighted by Gasteiger charge is -2.25. The van der Waals surface area contributed by atoms with Crippen LogP contribution in [-0.2, 0) is 9.53 Å². The highest BCUT2D eigenvalue weighted by molar-refractivity contribution is 5.94. The third-order valence-electron chi connectivity index (χ3n) is 5.74. The molecule has 3 aliphatic rings. The summed E-state index contributed by atoms with van der Waals surface area (Å²) in [6.07, 6.45) is 5.94. The molecule has 0 bridgehead atoms. The smallest absolute Gasteiger partial charge is 0.255 e. The van der Waals surface area contributed by atoms with Crippen LogP contribution < -0.4 is 5.32 Å². The molecule has 1 aliphatic carbocycles. The lowest BCUT2D eigenvalue weighted by atomic mass is 9.85. The van der Waals surface area contributed by atoms with Crippen LogP contribution in [0.25, 0.3) is 0 Å². The van der Waals surface area contributed by atoms with Gasteiger partial charge >= 0.3 is 0 Å². The number of carbonyl (C=O) groups is 2. The molecule has 6 nitrogen and oxygen atoms in total. The molecule has 1 N–H and O–H groups in total. The van der Waals surface area contributed by atoms with Crippen LogP contribution in [-0.4, -0.2) is 53.5 Å². The van der Waals surface area contributed by atoms with E-state index in [1.54, 1.807) is 6.20 Å². The molecular formula is C19H25N3O3. The maximum absolute atomic E-state index is 12.6. The Morgan fingerprint density at radius 3 is 2.80 bits per heavy atom. The highest BCUT2D eigenvalue weighted by Crippen LogP contribution is 2.33. The Bertz CT molecular complexity index is 642. The first kappa shape index (κ1) is 16.5. The van der Waals surface area contributed by atoms with Crippen molar-refractivity contribution in [3.05, 3.63) is 29.6 Å². The average molecular weight is 343 g/mol. The summed E-state index contributed by atoms with van der Waals surface area (Å²) in [5.74, 6) is 0.793. The number of pyridine rings is 1. The number of nitrogens with one attached hydrogen (secondary N) is 1. The number of hydrogen-bond acceptors (Lipinski definition) is 4. The van der Waals surface area contributed by atoms with E-state index in [1.807, 2.05) is 24.0 Å². The molecule has 3 heterocycles. The number of aryl methyl sites for hydroxylation is 1. The van der Waals surface area contributed by atoms with Crippen LogP contribution in [0.1, 0.15) is 41.7 Å². The van der Waals surface area contributed by atoms with Crippen molar-refractivity contribution in [2.45, 2.75) is 44.8 Å². The molecule has 25 heavy (non-hydrogen) atoms. The van der Waals surface area contributed by atoms with Gasteiger partial charge in [0, 0.05) is 43.4 Å². The van der Waals surface area contributed by atoms with E-state index in [-0.39, 0.29) is 29.9 Å². The molecule has 1 aromatic rings. The fourth-order valence-corrected chi connectivity index (χ4v) is 3.97. The van der Waals surface area contributed by atoms with E-state index in [1.165, 1.54) is 6.42 Å². The van der Waals surface area contributed by atoms with Crippen molar-refractivity contribution in [3.8, 4) is 0 Å². The van der Waals surface area contributed by atoms with Gasteiger partial charge in [-0.2, -0.15) is 0 Å². The van der Waals surface area contributed by atoms with E-state index in [0.717, 1.165) is 31.5 Å². The minimum atomic E-state index is 0.0281. The standard InChI is InChI=1S/C19H25N3O3/c1-12-5-6-14(8-20-12)19(24)22-10-15-7-16(25-17(15)11-22)9-21-18(23)13-3-2-4-13/h5-6,8,13,15-17H,2-4,7,9-11H2,1H3,(H,21,23)/t15-,16-,17+/m1/s1. The number of rotatable bonds is 4. The van der Waals surface area contributed by atoms with E-state index >= 15 is 0 Å². The first-order valence-corrected chi connectivity index (χ1v) is 9.25. The fraction of sp³-hybridized carbons (Fsp3) is 0.632. The van der Waals surface area contributed by atoms with Gasteiger partial charge in [0.25, 0.3) is 5.91 Å². The Labute approximate surface area is 147 Å². The third-order valence-corrected chi connectivity index (χ3v) is 5.74. The predicted molar refractivity (Wildman–Crippen MR) is 92.0 cm³/mol. The van der Waals surface area contributed by atoms with E-state index in [9.17, 15) is 9.59 Å². The van der Waals surface area contributed by atoms with Gasteiger partial charge in [-0.1, -0.05) is 6.42 Å². The average Bonchev–Trinajstić information content (AvgIpc) is 3.09. The number of hydrogen-bond donors (Lipinski definition) is 1. The lowest BCUT2D eigenvalue weighted by molar-refractivity contribution is -0.128. The predicted octanol–water partition coefficient (Wildman–Crippen LogP) is 1.54. The summed E-state index contributed by atoms with van der Waals surface area (Å²) in [7, 11) is 0. The monoisotopic (exact) mass is 343 g/mol. The summed E-state index contributed by atoms with van der Waals surface area (Å²) >= 11 is 0. The molecule has 1 aromatic heterocycles. The molecule has 0 radical (unpaired) electrons. The molecular weight excluding hydrogens is 318 g/mol. The number of carbonyl (C=O) groups excluding carboxylic acids is 2. The van der Waals surface area contributed by atoms with Crippen LogP contribution in [0.5, 0.6) is 0 Å². The summed E-state index contributed by atoms with van der Waals surface area (Å²) in [6.45, 7) is 3.86. The second-order valence-corrected chi connectivity index (χ2v) is 7.56. The van der Waals surface area contributed by atoms with Crippen molar-refractivity contribution in [2.75, 3.05) is 19.6 Å². The Balaban J connectivity index is 1.26. The normalized spacial score (nSPS) is 28.5. The molecule has 3 fully saturated rings. The van der Waals surface area contributed by atoms with Crippen molar-refractivity contribution in [3.63, 3.8) is 0 Å². The molecule has 6 heteroatoms. The van der Waals surface area contributed by atoms with Crippen LogP contribution in [0.15, 0.2) is 18.3 Å². The molecule has 0 aromatic carbocycles. The second-order valence-electron chi connectivity index (χ2n) is 7.56. The van der Waals surface area contributed by atoms with Gasteiger partial charge in [-0.25, -0.2) is 0 Å². The topological polar surface area (TPSA) is 71.5 Å². The zero-order valence-electron chi connectivity index (χ0n) is 14.6. The lowest BCUT2D eigenvalue weighted by Crippen LogP contribution is -2.39. The van der Waals surface area contributed by atoms with Crippen LogP contribution in [0.2, 0.25) is 0 Å². The van der Waals surface area contributed by atoms with Crippen LogP contribution in [0, 0.1) is 18.8 Å². The van der Waals surface area contributed by atoms with E-state index < -0.39 is 0 Å². The SMILES string of the molecule is Cc1ccc(C(=O)N2C[C@H]3C[C@H](CNC(=O)C4CCC4)O[C@H]3C2)cn1. The van der Waals surface area contributed by atoms with Crippen molar-refractivity contribution < 1.29 is 14.3 Å². The van der Waals surface area contributed by atoms with Gasteiger partial charge in [0.2, 0.25) is 5.91 Å². The Morgan fingerprint density at radius 2 is 2.16 bits per heavy atom. The molecule has 2 amide bonds. The van der Waals surface area contributed by atoms with Gasteiger partial charge in [-0.15, -0.1) is 0 Å². The largest absolute Gasteiger partial charge is 0.371 e. The zero-order valence-corrected chi connectivity index (χ0v) is 14.6. The summed E-state index contributed by atoms with van der Waals surface area (Å²) in [5, 5.41) is 3.03. The first-order chi connectivity index (χ1) is 12.1. The highest BCUT2D eigenvalue weighted by Gasteiger charge is 2.43. The molecule has 0 unspecified atom stereocenters. The van der Waals surface area contributed by atoms with Gasteiger partial charge in [0.1, 0.15) is 0 Å².